The molecule has 0 unspecified atom stereocenters. The molecule has 3 aromatic carbocycles. The number of nitrogens with one attached hydrogen (secondary N) is 1. The van der Waals surface area contributed by atoms with Crippen molar-refractivity contribution in [3.8, 4) is 11.1 Å². The predicted molar refractivity (Wildman–Crippen MR) is 160 cm³/mol. The number of pyridine rings is 1. The number of hydrogen-bond donors (Lipinski definition) is 3. The fraction of sp³-hybridized carbons (Fsp3) is 0.242. The van der Waals surface area contributed by atoms with Crippen LogP contribution in [0.25, 0.3) is 11.1 Å². The minimum Gasteiger partial charge on any atom is -0.478 e. The van der Waals surface area contributed by atoms with E-state index in [1.54, 1.807) is 18.3 Å². The summed E-state index contributed by atoms with van der Waals surface area (Å²) < 4.78 is 13.0. The van der Waals surface area contributed by atoms with Crippen LogP contribution in [0.15, 0.2) is 96.2 Å². The summed E-state index contributed by atoms with van der Waals surface area (Å²) in [5.41, 5.74) is 5.81. The summed E-state index contributed by atoms with van der Waals surface area (Å²) in [6.45, 7) is 1.91. The van der Waals surface area contributed by atoms with Crippen LogP contribution in [0, 0.1) is 0 Å². The van der Waals surface area contributed by atoms with Crippen molar-refractivity contribution in [2.45, 2.75) is 50.0 Å². The Labute approximate surface area is 248 Å². The molecule has 5 rings (SSSR count). The average Bonchev–Trinajstić information content (AvgIpc) is 3.03. The number of rotatable bonds is 10. The third-order valence-electron chi connectivity index (χ3n) is 6.98. The van der Waals surface area contributed by atoms with Gasteiger partial charge in [-0.15, -0.1) is 11.8 Å². The molecule has 1 amide bonds. The molecule has 9 heteroatoms. The molecule has 0 radical (unpaired) electrons. The summed E-state index contributed by atoms with van der Waals surface area (Å²) in [6, 6.07) is 26.9. The SMILES string of the molecule is CC(=O)NCc1cccc(-c2cccc([C@@H]3O[C@H](CSc4ncccc4C(=O)O)C[C@H](c4ccc(CO)cc4)O3)c2)c1. The molecule has 42 heavy (non-hydrogen) atoms. The Hall–Kier alpha value is -4.02. The number of aliphatic hydroxyl groups excluding tert-OH is 1. The van der Waals surface area contributed by atoms with E-state index in [1.165, 1.54) is 18.7 Å². The van der Waals surface area contributed by atoms with Crippen molar-refractivity contribution in [3.05, 3.63) is 119 Å². The van der Waals surface area contributed by atoms with Gasteiger partial charge in [-0.05, 0) is 52.1 Å². The van der Waals surface area contributed by atoms with Gasteiger partial charge < -0.3 is 25.0 Å². The summed E-state index contributed by atoms with van der Waals surface area (Å²) in [7, 11) is 0. The van der Waals surface area contributed by atoms with Crippen LogP contribution >= 0.6 is 11.8 Å². The molecule has 0 bridgehead atoms. The van der Waals surface area contributed by atoms with Gasteiger partial charge in [0.15, 0.2) is 6.29 Å². The molecule has 3 atom stereocenters. The Morgan fingerprint density at radius 3 is 2.43 bits per heavy atom. The van der Waals surface area contributed by atoms with Gasteiger partial charge in [0.05, 0.1) is 24.4 Å². The van der Waals surface area contributed by atoms with E-state index in [4.69, 9.17) is 9.47 Å². The van der Waals surface area contributed by atoms with Crippen molar-refractivity contribution in [2.75, 3.05) is 5.75 Å². The standard InChI is InChI=1S/C33H32N2O6S/c1-21(37)35-18-23-5-2-6-25(15-23)26-7-3-8-27(16-26)33-40-28(20-42-31-29(32(38)39)9-4-14-34-31)17-30(41-33)24-12-10-22(19-36)11-13-24/h2-16,28,30,33,36H,17-20H2,1H3,(H,35,37)(H,38,39)/t28-,30+,33+/m0/s1. The highest BCUT2D eigenvalue weighted by Crippen LogP contribution is 2.40. The van der Waals surface area contributed by atoms with E-state index < -0.39 is 12.3 Å². The first-order chi connectivity index (χ1) is 20.4. The molecule has 0 saturated carbocycles. The Morgan fingerprint density at radius 1 is 0.929 bits per heavy atom. The van der Waals surface area contributed by atoms with Crippen LogP contribution in [-0.2, 0) is 27.4 Å². The van der Waals surface area contributed by atoms with Gasteiger partial charge in [0.1, 0.15) is 5.03 Å². The Balaban J connectivity index is 1.40. The lowest BCUT2D eigenvalue weighted by Gasteiger charge is -2.36. The number of ether oxygens (including phenoxy) is 2. The van der Waals surface area contributed by atoms with Crippen LogP contribution in [0.2, 0.25) is 0 Å². The lowest BCUT2D eigenvalue weighted by Crippen LogP contribution is -2.31. The van der Waals surface area contributed by atoms with Crippen LogP contribution < -0.4 is 5.32 Å². The van der Waals surface area contributed by atoms with Crippen LogP contribution in [0.3, 0.4) is 0 Å². The highest BCUT2D eigenvalue weighted by Gasteiger charge is 2.32. The first-order valence-electron chi connectivity index (χ1n) is 13.6. The van der Waals surface area contributed by atoms with Crippen molar-refractivity contribution in [3.63, 3.8) is 0 Å². The molecule has 216 valence electrons. The first-order valence-corrected chi connectivity index (χ1v) is 14.6. The third-order valence-corrected chi connectivity index (χ3v) is 8.12. The Morgan fingerprint density at radius 2 is 1.69 bits per heavy atom. The van der Waals surface area contributed by atoms with Crippen molar-refractivity contribution < 1.29 is 29.3 Å². The van der Waals surface area contributed by atoms with Gasteiger partial charge in [-0.3, -0.25) is 4.79 Å². The van der Waals surface area contributed by atoms with Crippen LogP contribution in [-0.4, -0.2) is 38.9 Å². The van der Waals surface area contributed by atoms with Crippen molar-refractivity contribution in [2.24, 2.45) is 0 Å². The number of carbonyl (C=O) groups is 2. The van der Waals surface area contributed by atoms with E-state index >= 15 is 0 Å². The first kappa shape index (κ1) is 29.5. The molecular formula is C33H32N2O6S. The summed E-state index contributed by atoms with van der Waals surface area (Å²) >= 11 is 1.36. The normalized spacial score (nSPS) is 18.4. The number of thioether (sulfide) groups is 1. The number of carbonyl (C=O) groups excluding carboxylic acids is 1. The predicted octanol–water partition coefficient (Wildman–Crippen LogP) is 5.91. The van der Waals surface area contributed by atoms with Crippen molar-refractivity contribution in [1.82, 2.24) is 10.3 Å². The third kappa shape index (κ3) is 7.43. The zero-order valence-electron chi connectivity index (χ0n) is 23.1. The highest BCUT2D eigenvalue weighted by molar-refractivity contribution is 7.99. The fourth-order valence-corrected chi connectivity index (χ4v) is 5.82. The molecule has 1 aromatic heterocycles. The minimum absolute atomic E-state index is 0.0361. The maximum Gasteiger partial charge on any atom is 0.338 e. The van der Waals surface area contributed by atoms with Gasteiger partial charge in [-0.1, -0.05) is 60.7 Å². The molecule has 1 saturated heterocycles. The van der Waals surface area contributed by atoms with Gasteiger partial charge in [0.2, 0.25) is 5.91 Å². The van der Waals surface area contributed by atoms with E-state index in [-0.39, 0.29) is 30.3 Å². The number of carboxylic acids is 1. The second kappa shape index (κ2) is 13.8. The molecule has 0 spiro atoms. The number of aliphatic hydroxyl groups is 1. The topological polar surface area (TPSA) is 118 Å². The maximum atomic E-state index is 11.7. The zero-order chi connectivity index (χ0) is 29.5. The molecule has 1 aliphatic heterocycles. The van der Waals surface area contributed by atoms with E-state index in [2.05, 4.69) is 16.4 Å². The number of aromatic nitrogens is 1. The highest BCUT2D eigenvalue weighted by atomic mass is 32.2. The Kier molecular flexibility index (Phi) is 9.66. The van der Waals surface area contributed by atoms with Crippen molar-refractivity contribution >= 4 is 23.6 Å². The van der Waals surface area contributed by atoms with Crippen LogP contribution in [0.4, 0.5) is 0 Å². The number of nitrogens with zero attached hydrogens (tertiary/aromatic N) is 1. The van der Waals surface area contributed by atoms with Gasteiger partial charge in [0, 0.05) is 37.4 Å². The van der Waals surface area contributed by atoms with Crippen LogP contribution in [0.1, 0.15) is 58.4 Å². The Bertz CT molecular complexity index is 1540. The largest absolute Gasteiger partial charge is 0.478 e. The number of benzene rings is 3. The number of hydrogen-bond acceptors (Lipinski definition) is 7. The molecular weight excluding hydrogens is 552 g/mol. The molecule has 1 aliphatic rings. The van der Waals surface area contributed by atoms with Crippen LogP contribution in [0.5, 0.6) is 0 Å². The molecule has 0 aliphatic carbocycles. The summed E-state index contributed by atoms with van der Waals surface area (Å²) in [6.07, 6.45) is 0.989. The number of amides is 1. The smallest absolute Gasteiger partial charge is 0.338 e. The number of carboxylic acid groups (broad SMARTS) is 1. The molecule has 1 fully saturated rings. The van der Waals surface area contributed by atoms with Gasteiger partial charge in [-0.2, -0.15) is 0 Å². The summed E-state index contributed by atoms with van der Waals surface area (Å²) in [4.78, 5) is 27.3. The average molecular weight is 585 g/mol. The van der Waals surface area contributed by atoms with E-state index in [9.17, 15) is 19.8 Å². The zero-order valence-corrected chi connectivity index (χ0v) is 23.9. The summed E-state index contributed by atoms with van der Waals surface area (Å²) in [5, 5.41) is 22.3. The lowest BCUT2D eigenvalue weighted by molar-refractivity contribution is -0.245. The molecule has 4 aromatic rings. The molecule has 2 heterocycles. The number of aromatic carboxylic acids is 1. The van der Waals surface area contributed by atoms with Gasteiger partial charge >= 0.3 is 5.97 Å². The minimum atomic E-state index is -1.02. The van der Waals surface area contributed by atoms with Gasteiger partial charge in [0.25, 0.3) is 0 Å². The quantitative estimate of drug-likeness (QED) is 0.197. The van der Waals surface area contributed by atoms with Crippen molar-refractivity contribution in [1.29, 1.82) is 0 Å². The van der Waals surface area contributed by atoms with Gasteiger partial charge in [-0.25, -0.2) is 9.78 Å². The second-order valence-electron chi connectivity index (χ2n) is 10.1. The molecule has 3 N–H and O–H groups in total. The lowest BCUT2D eigenvalue weighted by atomic mass is 9.99. The van der Waals surface area contributed by atoms with E-state index in [1.807, 2.05) is 66.7 Å². The molecule has 8 nitrogen and oxygen atoms in total. The maximum absolute atomic E-state index is 11.7. The second-order valence-corrected chi connectivity index (χ2v) is 11.1. The fourth-order valence-electron chi connectivity index (χ4n) is 4.82. The summed E-state index contributed by atoms with van der Waals surface area (Å²) in [5.74, 6) is -0.603. The monoisotopic (exact) mass is 584 g/mol. The van der Waals surface area contributed by atoms with E-state index in [0.717, 1.165) is 33.4 Å². The van der Waals surface area contributed by atoms with E-state index in [0.29, 0.717) is 23.7 Å².